The van der Waals surface area contributed by atoms with Crippen LogP contribution in [-0.2, 0) is 0 Å². The summed E-state index contributed by atoms with van der Waals surface area (Å²) in [4.78, 5) is 9.07. The van der Waals surface area contributed by atoms with E-state index in [1.807, 2.05) is 42.7 Å². The highest BCUT2D eigenvalue weighted by Gasteiger charge is 2.26. The summed E-state index contributed by atoms with van der Waals surface area (Å²) in [5.41, 5.74) is 3.18. The standard InChI is InChI=1S/C22H24N6/c1-15(21-18-7-3-4-8-20(18)27-28-21)10-11-17(22-23-12-6-13-24-22)16(2)19-9-5-14-25-26-19/h3-9,12-17H,10-11H2,1-2H3,(H,27,28). The fourth-order valence-corrected chi connectivity index (χ4v) is 3.80. The van der Waals surface area contributed by atoms with Crippen molar-refractivity contribution >= 4 is 10.9 Å². The third kappa shape index (κ3) is 3.76. The fraction of sp³-hybridized carbons (Fsp3) is 0.318. The van der Waals surface area contributed by atoms with Crippen molar-refractivity contribution in [3.8, 4) is 0 Å². The van der Waals surface area contributed by atoms with Crippen LogP contribution in [0.3, 0.4) is 0 Å². The molecule has 0 bridgehead atoms. The van der Waals surface area contributed by atoms with Gasteiger partial charge in [-0.25, -0.2) is 9.97 Å². The zero-order chi connectivity index (χ0) is 19.3. The lowest BCUT2D eigenvalue weighted by Gasteiger charge is -2.23. The Morgan fingerprint density at radius 2 is 1.71 bits per heavy atom. The van der Waals surface area contributed by atoms with Crippen LogP contribution in [0, 0.1) is 0 Å². The molecular weight excluding hydrogens is 348 g/mol. The Balaban J connectivity index is 1.56. The van der Waals surface area contributed by atoms with Gasteiger partial charge in [0.25, 0.3) is 0 Å². The Labute approximate surface area is 164 Å². The molecule has 0 aliphatic carbocycles. The summed E-state index contributed by atoms with van der Waals surface area (Å²) in [6.45, 7) is 4.43. The van der Waals surface area contributed by atoms with Gasteiger partial charge >= 0.3 is 0 Å². The van der Waals surface area contributed by atoms with Gasteiger partial charge in [0, 0.05) is 41.5 Å². The van der Waals surface area contributed by atoms with Gasteiger partial charge in [-0.15, -0.1) is 0 Å². The molecule has 0 saturated carbocycles. The summed E-state index contributed by atoms with van der Waals surface area (Å²) < 4.78 is 0. The average molecular weight is 372 g/mol. The molecule has 0 aliphatic heterocycles. The Bertz CT molecular complexity index is 1010. The van der Waals surface area contributed by atoms with Gasteiger partial charge in [0.15, 0.2) is 0 Å². The second kappa shape index (κ2) is 8.25. The summed E-state index contributed by atoms with van der Waals surface area (Å²) >= 11 is 0. The van der Waals surface area contributed by atoms with E-state index in [1.165, 1.54) is 11.1 Å². The minimum absolute atomic E-state index is 0.175. The molecule has 0 spiro atoms. The number of benzene rings is 1. The largest absolute Gasteiger partial charge is 0.281 e. The van der Waals surface area contributed by atoms with Crippen molar-refractivity contribution in [1.82, 2.24) is 30.4 Å². The normalized spacial score (nSPS) is 14.6. The van der Waals surface area contributed by atoms with Crippen LogP contribution < -0.4 is 0 Å². The molecule has 3 aromatic heterocycles. The molecular formula is C22H24N6. The smallest absolute Gasteiger partial charge is 0.131 e. The zero-order valence-corrected chi connectivity index (χ0v) is 16.2. The van der Waals surface area contributed by atoms with Gasteiger partial charge in [-0.05, 0) is 43.0 Å². The van der Waals surface area contributed by atoms with Crippen molar-refractivity contribution in [3.05, 3.63) is 78.3 Å². The molecule has 6 heteroatoms. The van der Waals surface area contributed by atoms with Crippen LogP contribution in [0.4, 0.5) is 0 Å². The molecule has 3 atom stereocenters. The van der Waals surface area contributed by atoms with Crippen molar-refractivity contribution in [1.29, 1.82) is 0 Å². The Morgan fingerprint density at radius 1 is 0.893 bits per heavy atom. The molecule has 28 heavy (non-hydrogen) atoms. The molecule has 1 aromatic carbocycles. The van der Waals surface area contributed by atoms with E-state index in [0.717, 1.165) is 29.9 Å². The van der Waals surface area contributed by atoms with Crippen LogP contribution >= 0.6 is 0 Å². The third-order valence-corrected chi connectivity index (χ3v) is 5.47. The van der Waals surface area contributed by atoms with Crippen LogP contribution in [-0.4, -0.2) is 30.4 Å². The lowest BCUT2D eigenvalue weighted by molar-refractivity contribution is 0.460. The molecule has 6 nitrogen and oxygen atoms in total. The van der Waals surface area contributed by atoms with Crippen LogP contribution in [0.2, 0.25) is 0 Å². The van der Waals surface area contributed by atoms with Gasteiger partial charge in [0.05, 0.1) is 11.2 Å². The second-order valence-electron chi connectivity index (χ2n) is 7.28. The van der Waals surface area contributed by atoms with Crippen molar-refractivity contribution in [3.63, 3.8) is 0 Å². The molecule has 0 amide bonds. The lowest BCUT2D eigenvalue weighted by Crippen LogP contribution is -2.14. The van der Waals surface area contributed by atoms with Gasteiger partial charge in [-0.2, -0.15) is 15.3 Å². The topological polar surface area (TPSA) is 80.2 Å². The van der Waals surface area contributed by atoms with Gasteiger partial charge < -0.3 is 0 Å². The van der Waals surface area contributed by atoms with Gasteiger partial charge in [-0.1, -0.05) is 32.0 Å². The van der Waals surface area contributed by atoms with Crippen LogP contribution in [0.5, 0.6) is 0 Å². The maximum atomic E-state index is 4.54. The lowest BCUT2D eigenvalue weighted by atomic mass is 9.83. The number of aromatic amines is 1. The predicted molar refractivity (Wildman–Crippen MR) is 109 cm³/mol. The highest BCUT2D eigenvalue weighted by Crippen LogP contribution is 2.36. The highest BCUT2D eigenvalue weighted by molar-refractivity contribution is 5.81. The van der Waals surface area contributed by atoms with E-state index in [1.54, 1.807) is 6.20 Å². The quantitative estimate of drug-likeness (QED) is 0.512. The zero-order valence-electron chi connectivity index (χ0n) is 16.2. The monoisotopic (exact) mass is 372 g/mol. The fourth-order valence-electron chi connectivity index (χ4n) is 3.80. The van der Waals surface area contributed by atoms with Crippen molar-refractivity contribution < 1.29 is 0 Å². The first-order chi connectivity index (χ1) is 13.7. The minimum Gasteiger partial charge on any atom is -0.281 e. The van der Waals surface area contributed by atoms with Gasteiger partial charge in [0.1, 0.15) is 5.82 Å². The van der Waals surface area contributed by atoms with E-state index in [0.29, 0.717) is 5.92 Å². The summed E-state index contributed by atoms with van der Waals surface area (Å²) in [6, 6.07) is 14.1. The Kier molecular flexibility index (Phi) is 5.37. The maximum absolute atomic E-state index is 4.54. The number of nitrogens with one attached hydrogen (secondary N) is 1. The van der Waals surface area contributed by atoms with E-state index in [-0.39, 0.29) is 11.8 Å². The first-order valence-electron chi connectivity index (χ1n) is 9.71. The first kappa shape index (κ1) is 18.2. The summed E-state index contributed by atoms with van der Waals surface area (Å²) in [5, 5.41) is 17.2. The van der Waals surface area contributed by atoms with Crippen molar-refractivity contribution in [2.24, 2.45) is 0 Å². The Hall–Kier alpha value is -3.15. The number of rotatable bonds is 7. The summed E-state index contributed by atoms with van der Waals surface area (Å²) in [7, 11) is 0. The molecule has 0 fully saturated rings. The van der Waals surface area contributed by atoms with Crippen LogP contribution in [0.1, 0.15) is 61.7 Å². The number of hydrogen-bond donors (Lipinski definition) is 1. The number of para-hydroxylation sites is 1. The van der Waals surface area contributed by atoms with E-state index in [9.17, 15) is 0 Å². The molecule has 142 valence electrons. The number of nitrogens with zero attached hydrogens (tertiary/aromatic N) is 5. The van der Waals surface area contributed by atoms with E-state index >= 15 is 0 Å². The number of hydrogen-bond acceptors (Lipinski definition) is 5. The van der Waals surface area contributed by atoms with Gasteiger partial charge in [0.2, 0.25) is 0 Å². The van der Waals surface area contributed by atoms with E-state index in [2.05, 4.69) is 56.3 Å². The van der Waals surface area contributed by atoms with Crippen molar-refractivity contribution in [2.75, 3.05) is 0 Å². The summed E-state index contributed by atoms with van der Waals surface area (Å²) in [5.74, 6) is 1.58. The van der Waals surface area contributed by atoms with E-state index < -0.39 is 0 Å². The van der Waals surface area contributed by atoms with Crippen molar-refractivity contribution in [2.45, 2.75) is 44.4 Å². The van der Waals surface area contributed by atoms with Crippen LogP contribution in [0.25, 0.3) is 10.9 Å². The van der Waals surface area contributed by atoms with E-state index in [4.69, 9.17) is 0 Å². The van der Waals surface area contributed by atoms with Crippen LogP contribution in [0.15, 0.2) is 61.1 Å². The first-order valence-corrected chi connectivity index (χ1v) is 9.71. The maximum Gasteiger partial charge on any atom is 0.131 e. The molecule has 4 aromatic rings. The van der Waals surface area contributed by atoms with Gasteiger partial charge in [-0.3, -0.25) is 5.10 Å². The highest BCUT2D eigenvalue weighted by atomic mass is 15.1. The molecule has 3 heterocycles. The molecule has 0 saturated heterocycles. The minimum atomic E-state index is 0.175. The number of H-pyrrole nitrogens is 1. The SMILES string of the molecule is CC(CCC(c1ncccn1)C(C)c1cccnn1)c1[nH]nc2ccccc12. The molecule has 3 unspecified atom stereocenters. The molecule has 1 N–H and O–H groups in total. The summed E-state index contributed by atoms with van der Waals surface area (Å²) in [6.07, 6.45) is 7.28. The second-order valence-corrected chi connectivity index (χ2v) is 7.28. The number of aromatic nitrogens is 6. The molecule has 0 radical (unpaired) electrons. The third-order valence-electron chi connectivity index (χ3n) is 5.47. The predicted octanol–water partition coefficient (Wildman–Crippen LogP) is 4.61. The molecule has 4 rings (SSSR count). The number of fused-ring (bicyclic) bond motifs is 1. The molecule has 0 aliphatic rings. The Morgan fingerprint density at radius 3 is 2.50 bits per heavy atom. The average Bonchev–Trinajstić information content (AvgIpc) is 3.19.